The standard InChI is InChI=1S/C26H28N2O5/c1-15(10-23(29)28-12-20-21(13-28)24(20)25(30)31)11-27-26(32)33-14-22-18-8-4-2-6-16(18)17-7-3-5-9-19(17)22/h2-9,15,20-22,24H,10-14H2,1H3,(H,27,32)(H,30,31)/t15?,20-,21+,24?. The average Bonchev–Trinajstić information content (AvgIpc) is 3.16. The van der Waals surface area contributed by atoms with Gasteiger partial charge in [0.05, 0.1) is 5.92 Å². The first-order valence-corrected chi connectivity index (χ1v) is 11.5. The summed E-state index contributed by atoms with van der Waals surface area (Å²) in [6.07, 6.45) is -0.163. The number of likely N-dealkylation sites (tertiary alicyclic amines) is 1. The monoisotopic (exact) mass is 448 g/mol. The fourth-order valence-corrected chi connectivity index (χ4v) is 5.50. The molecule has 7 nitrogen and oxygen atoms in total. The molecule has 0 radical (unpaired) electrons. The van der Waals surface area contributed by atoms with E-state index in [9.17, 15) is 14.4 Å². The van der Waals surface area contributed by atoms with E-state index in [0.29, 0.717) is 26.1 Å². The highest BCUT2D eigenvalue weighted by molar-refractivity contribution is 5.80. The van der Waals surface area contributed by atoms with Crippen molar-refractivity contribution >= 4 is 18.0 Å². The Morgan fingerprint density at radius 3 is 2.18 bits per heavy atom. The van der Waals surface area contributed by atoms with Gasteiger partial charge in [-0.2, -0.15) is 0 Å². The van der Waals surface area contributed by atoms with E-state index in [-0.39, 0.29) is 42.1 Å². The van der Waals surface area contributed by atoms with Gasteiger partial charge in [0.1, 0.15) is 6.61 Å². The van der Waals surface area contributed by atoms with Crippen molar-refractivity contribution in [3.05, 3.63) is 59.7 Å². The number of piperidine rings is 1. The summed E-state index contributed by atoms with van der Waals surface area (Å²) < 4.78 is 5.55. The van der Waals surface area contributed by atoms with Crippen LogP contribution in [-0.2, 0) is 14.3 Å². The number of carboxylic acid groups (broad SMARTS) is 1. The van der Waals surface area contributed by atoms with Crippen LogP contribution in [0.15, 0.2) is 48.5 Å². The second-order valence-electron chi connectivity index (χ2n) is 9.51. The molecular formula is C26H28N2O5. The molecule has 2 N–H and O–H groups in total. The van der Waals surface area contributed by atoms with Crippen LogP contribution in [0, 0.1) is 23.7 Å². The molecule has 0 aromatic heterocycles. The highest BCUT2D eigenvalue weighted by Crippen LogP contribution is 2.51. The van der Waals surface area contributed by atoms with E-state index < -0.39 is 12.1 Å². The summed E-state index contributed by atoms with van der Waals surface area (Å²) in [5.74, 6) is -0.808. The van der Waals surface area contributed by atoms with Crippen molar-refractivity contribution < 1.29 is 24.2 Å². The summed E-state index contributed by atoms with van der Waals surface area (Å²) in [6.45, 7) is 3.59. The maximum absolute atomic E-state index is 12.5. The van der Waals surface area contributed by atoms with E-state index in [4.69, 9.17) is 9.84 Å². The van der Waals surface area contributed by atoms with Crippen molar-refractivity contribution in [2.75, 3.05) is 26.2 Å². The molecule has 1 heterocycles. The molecule has 1 aliphatic heterocycles. The molecule has 5 rings (SSSR count). The lowest BCUT2D eigenvalue weighted by Crippen LogP contribution is -2.36. The van der Waals surface area contributed by atoms with Crippen molar-refractivity contribution in [1.29, 1.82) is 0 Å². The van der Waals surface area contributed by atoms with E-state index in [1.807, 2.05) is 31.2 Å². The molecular weight excluding hydrogens is 420 g/mol. The minimum atomic E-state index is -0.752. The first kappa shape index (κ1) is 21.5. The van der Waals surface area contributed by atoms with E-state index in [0.717, 1.165) is 0 Å². The van der Waals surface area contributed by atoms with Crippen LogP contribution in [0.1, 0.15) is 30.4 Å². The third kappa shape index (κ3) is 4.08. The minimum Gasteiger partial charge on any atom is -0.481 e. The number of rotatable bonds is 7. The number of ether oxygens (including phenoxy) is 1. The summed E-state index contributed by atoms with van der Waals surface area (Å²) in [7, 11) is 0. The Morgan fingerprint density at radius 2 is 1.61 bits per heavy atom. The summed E-state index contributed by atoms with van der Waals surface area (Å²) in [5.41, 5.74) is 4.70. The number of hydrogen-bond acceptors (Lipinski definition) is 4. The Balaban J connectivity index is 1.07. The number of carbonyl (C=O) groups is 3. The molecule has 0 bridgehead atoms. The van der Waals surface area contributed by atoms with Gasteiger partial charge in [-0.1, -0.05) is 55.5 Å². The fourth-order valence-electron chi connectivity index (χ4n) is 5.50. The second-order valence-corrected chi connectivity index (χ2v) is 9.51. The molecule has 7 heteroatoms. The highest BCUT2D eigenvalue weighted by Gasteiger charge is 2.60. The average molecular weight is 449 g/mol. The smallest absolute Gasteiger partial charge is 0.407 e. The van der Waals surface area contributed by atoms with Gasteiger partial charge in [0.2, 0.25) is 5.91 Å². The molecule has 2 unspecified atom stereocenters. The molecule has 3 aliphatic rings. The molecule has 2 amide bonds. The Kier molecular flexibility index (Phi) is 5.56. The van der Waals surface area contributed by atoms with Gasteiger partial charge in [0, 0.05) is 32.0 Å². The number of carboxylic acids is 1. The molecule has 33 heavy (non-hydrogen) atoms. The second kappa shape index (κ2) is 8.54. The lowest BCUT2D eigenvalue weighted by Gasteiger charge is -2.21. The molecule has 4 atom stereocenters. The van der Waals surface area contributed by atoms with Crippen LogP contribution in [-0.4, -0.2) is 54.2 Å². The lowest BCUT2D eigenvalue weighted by atomic mass is 9.98. The molecule has 2 aliphatic carbocycles. The zero-order valence-electron chi connectivity index (χ0n) is 18.6. The molecule has 2 aromatic rings. The molecule has 172 valence electrons. The Hall–Kier alpha value is -3.35. The fraction of sp³-hybridized carbons (Fsp3) is 0.423. The summed E-state index contributed by atoms with van der Waals surface area (Å²) in [5, 5.41) is 11.9. The van der Waals surface area contributed by atoms with Crippen molar-refractivity contribution in [2.45, 2.75) is 19.3 Å². The van der Waals surface area contributed by atoms with Crippen LogP contribution in [0.3, 0.4) is 0 Å². The zero-order chi connectivity index (χ0) is 23.1. The first-order valence-electron chi connectivity index (χ1n) is 11.5. The van der Waals surface area contributed by atoms with E-state index >= 15 is 0 Å². The maximum atomic E-state index is 12.5. The third-order valence-corrected chi connectivity index (χ3v) is 7.29. The van der Waals surface area contributed by atoms with Gasteiger partial charge < -0.3 is 20.1 Å². The van der Waals surface area contributed by atoms with Crippen LogP contribution in [0.25, 0.3) is 11.1 Å². The Bertz CT molecular complexity index is 1040. The van der Waals surface area contributed by atoms with Crippen molar-refractivity contribution in [3.63, 3.8) is 0 Å². The van der Waals surface area contributed by atoms with Crippen molar-refractivity contribution in [1.82, 2.24) is 10.2 Å². The van der Waals surface area contributed by atoms with Crippen LogP contribution in [0.4, 0.5) is 4.79 Å². The van der Waals surface area contributed by atoms with Crippen molar-refractivity contribution in [2.24, 2.45) is 23.7 Å². The lowest BCUT2D eigenvalue weighted by molar-refractivity contribution is -0.141. The number of amides is 2. The molecule has 0 spiro atoms. The van der Waals surface area contributed by atoms with E-state index in [1.165, 1.54) is 22.3 Å². The van der Waals surface area contributed by atoms with Crippen LogP contribution in [0.2, 0.25) is 0 Å². The van der Waals surface area contributed by atoms with Gasteiger partial charge in [0.25, 0.3) is 0 Å². The van der Waals surface area contributed by atoms with Gasteiger partial charge in [-0.05, 0) is 40.0 Å². The topological polar surface area (TPSA) is 95.9 Å². The minimum absolute atomic E-state index is 0.0124. The first-order chi connectivity index (χ1) is 15.9. The molecule has 1 saturated heterocycles. The maximum Gasteiger partial charge on any atom is 0.407 e. The Morgan fingerprint density at radius 1 is 1.03 bits per heavy atom. The molecule has 2 aromatic carbocycles. The largest absolute Gasteiger partial charge is 0.481 e. The number of alkyl carbamates (subject to hydrolysis) is 1. The number of carbonyl (C=O) groups excluding carboxylic acids is 2. The highest BCUT2D eigenvalue weighted by atomic mass is 16.5. The van der Waals surface area contributed by atoms with Crippen LogP contribution >= 0.6 is 0 Å². The number of nitrogens with zero attached hydrogens (tertiary/aromatic N) is 1. The van der Waals surface area contributed by atoms with Gasteiger partial charge in [-0.25, -0.2) is 4.79 Å². The Labute approximate surface area is 192 Å². The van der Waals surface area contributed by atoms with E-state index in [2.05, 4.69) is 29.6 Å². The normalized spacial score (nSPS) is 23.3. The van der Waals surface area contributed by atoms with Gasteiger partial charge in [-0.15, -0.1) is 0 Å². The van der Waals surface area contributed by atoms with Gasteiger partial charge in [0.15, 0.2) is 0 Å². The number of nitrogens with one attached hydrogen (secondary N) is 1. The number of fused-ring (bicyclic) bond motifs is 4. The summed E-state index contributed by atoms with van der Waals surface area (Å²) in [6, 6.07) is 16.4. The number of benzene rings is 2. The predicted octanol–water partition coefficient (Wildman–Crippen LogP) is 3.34. The van der Waals surface area contributed by atoms with Crippen LogP contribution < -0.4 is 5.32 Å². The zero-order valence-corrected chi connectivity index (χ0v) is 18.6. The summed E-state index contributed by atoms with van der Waals surface area (Å²) >= 11 is 0. The predicted molar refractivity (Wildman–Crippen MR) is 122 cm³/mol. The molecule has 2 fully saturated rings. The SMILES string of the molecule is CC(CNC(=O)OCC1c2ccccc2-c2ccccc21)CC(=O)N1C[C@@H]2C(C(=O)O)[C@@H]2C1. The number of aliphatic carboxylic acids is 1. The summed E-state index contributed by atoms with van der Waals surface area (Å²) in [4.78, 5) is 37.7. The third-order valence-electron chi connectivity index (χ3n) is 7.29. The molecule has 1 saturated carbocycles. The van der Waals surface area contributed by atoms with Gasteiger partial charge in [-0.3, -0.25) is 9.59 Å². The quantitative estimate of drug-likeness (QED) is 0.677. The van der Waals surface area contributed by atoms with Crippen molar-refractivity contribution in [3.8, 4) is 11.1 Å². The number of hydrogen-bond donors (Lipinski definition) is 2. The van der Waals surface area contributed by atoms with Gasteiger partial charge >= 0.3 is 12.1 Å². The van der Waals surface area contributed by atoms with Crippen LogP contribution in [0.5, 0.6) is 0 Å². The van der Waals surface area contributed by atoms with E-state index in [1.54, 1.807) is 4.90 Å².